The average Bonchev–Trinajstić information content (AvgIpc) is 2.98. The van der Waals surface area contributed by atoms with Crippen LogP contribution in [0.1, 0.15) is 31.7 Å². The van der Waals surface area contributed by atoms with Gasteiger partial charge >= 0.3 is 18.1 Å². The normalized spacial score (nSPS) is 24.3. The second kappa shape index (κ2) is 7.94. The molecule has 2 fully saturated rings. The van der Waals surface area contributed by atoms with Crippen molar-refractivity contribution in [1.29, 1.82) is 0 Å². The quantitative estimate of drug-likeness (QED) is 0.675. The second-order valence-corrected chi connectivity index (χ2v) is 8.99. The van der Waals surface area contributed by atoms with Gasteiger partial charge in [0.05, 0.1) is 16.4 Å². The van der Waals surface area contributed by atoms with Crippen LogP contribution in [0.25, 0.3) is 0 Å². The molecule has 0 aromatic heterocycles. The highest BCUT2D eigenvalue weighted by Crippen LogP contribution is 2.36. The Bertz CT molecular complexity index is 893. The highest BCUT2D eigenvalue weighted by Gasteiger charge is 2.41. The topological polar surface area (TPSA) is 90.0 Å². The van der Waals surface area contributed by atoms with Crippen LogP contribution in [0.4, 0.5) is 13.2 Å². The molecule has 29 heavy (non-hydrogen) atoms. The Morgan fingerprint density at radius 3 is 2.38 bits per heavy atom. The molecule has 1 aromatic rings. The number of esters is 2. The summed E-state index contributed by atoms with van der Waals surface area (Å²) in [5.74, 6) is -1.88. The van der Waals surface area contributed by atoms with Crippen LogP contribution in [0.15, 0.2) is 29.2 Å². The van der Waals surface area contributed by atoms with E-state index in [1.807, 2.05) is 0 Å². The van der Waals surface area contributed by atoms with Gasteiger partial charge in [-0.25, -0.2) is 13.2 Å². The zero-order chi connectivity index (χ0) is 21.4. The van der Waals surface area contributed by atoms with Crippen LogP contribution in [0, 0.1) is 5.92 Å². The molecule has 1 aromatic carbocycles. The molecular formula is C18H20F3NO6S. The van der Waals surface area contributed by atoms with Crippen LogP contribution in [0.2, 0.25) is 0 Å². The molecule has 2 saturated heterocycles. The van der Waals surface area contributed by atoms with E-state index < -0.39 is 50.6 Å². The van der Waals surface area contributed by atoms with Gasteiger partial charge in [-0.05, 0) is 31.9 Å². The molecule has 2 unspecified atom stereocenters. The Kier molecular flexibility index (Phi) is 5.91. The molecule has 0 bridgehead atoms. The average molecular weight is 435 g/mol. The van der Waals surface area contributed by atoms with Gasteiger partial charge in [0.25, 0.3) is 0 Å². The van der Waals surface area contributed by atoms with Gasteiger partial charge < -0.3 is 9.47 Å². The van der Waals surface area contributed by atoms with Gasteiger partial charge in [-0.1, -0.05) is 12.1 Å². The van der Waals surface area contributed by atoms with Gasteiger partial charge in [0.1, 0.15) is 6.10 Å². The van der Waals surface area contributed by atoms with Crippen LogP contribution in [-0.4, -0.2) is 50.0 Å². The molecular weight excluding hydrogens is 415 g/mol. The van der Waals surface area contributed by atoms with Crippen LogP contribution in [-0.2, 0) is 35.3 Å². The number of hydrogen-bond acceptors (Lipinski definition) is 6. The molecule has 7 nitrogen and oxygen atoms in total. The summed E-state index contributed by atoms with van der Waals surface area (Å²) in [6.07, 6.45) is -5.70. The van der Waals surface area contributed by atoms with E-state index in [-0.39, 0.29) is 38.5 Å². The Labute approximate surface area is 165 Å². The van der Waals surface area contributed by atoms with E-state index in [1.54, 1.807) is 6.92 Å². The molecule has 0 saturated carbocycles. The Balaban J connectivity index is 1.66. The van der Waals surface area contributed by atoms with E-state index in [1.165, 1.54) is 6.07 Å². The highest BCUT2D eigenvalue weighted by molar-refractivity contribution is 7.89. The van der Waals surface area contributed by atoms with Gasteiger partial charge in [-0.15, -0.1) is 0 Å². The van der Waals surface area contributed by atoms with E-state index in [0.29, 0.717) is 0 Å². The van der Waals surface area contributed by atoms with Crippen molar-refractivity contribution in [2.45, 2.75) is 49.5 Å². The number of hydrogen-bond donors (Lipinski definition) is 0. The van der Waals surface area contributed by atoms with E-state index in [0.717, 1.165) is 22.5 Å². The third-order valence-corrected chi connectivity index (χ3v) is 6.94. The highest BCUT2D eigenvalue weighted by atomic mass is 32.2. The lowest BCUT2D eigenvalue weighted by Gasteiger charge is -2.31. The first-order valence-corrected chi connectivity index (χ1v) is 10.5. The minimum atomic E-state index is -4.81. The maximum Gasteiger partial charge on any atom is 0.417 e. The number of carbonyl (C=O) groups excluding carboxylic acids is 2. The molecule has 0 aliphatic carbocycles. The van der Waals surface area contributed by atoms with Crippen molar-refractivity contribution in [3.63, 3.8) is 0 Å². The Morgan fingerprint density at radius 1 is 1.21 bits per heavy atom. The SMILES string of the molecule is CC1CC(OC(=O)C2CCN(S(=O)(=O)c3ccccc3C(F)(F)F)CC2)C(=O)O1. The fraction of sp³-hybridized carbons (Fsp3) is 0.556. The van der Waals surface area contributed by atoms with Crippen molar-refractivity contribution < 1.29 is 40.7 Å². The molecule has 2 aliphatic heterocycles. The first kappa shape index (κ1) is 21.6. The number of sulfonamides is 1. The van der Waals surface area contributed by atoms with Crippen LogP contribution in [0.3, 0.4) is 0 Å². The maximum atomic E-state index is 13.2. The Morgan fingerprint density at radius 2 is 1.83 bits per heavy atom. The van der Waals surface area contributed by atoms with Crippen molar-refractivity contribution in [1.82, 2.24) is 4.31 Å². The Hall–Kier alpha value is -2.14. The van der Waals surface area contributed by atoms with Crippen molar-refractivity contribution in [2.24, 2.45) is 5.92 Å². The molecule has 160 valence electrons. The molecule has 11 heteroatoms. The number of cyclic esters (lactones) is 1. The number of carbonyl (C=O) groups is 2. The molecule has 2 aliphatic rings. The van der Waals surface area contributed by atoms with Crippen molar-refractivity contribution in [3.8, 4) is 0 Å². The second-order valence-electron chi connectivity index (χ2n) is 7.08. The first-order chi connectivity index (χ1) is 13.5. The lowest BCUT2D eigenvalue weighted by atomic mass is 9.98. The van der Waals surface area contributed by atoms with Crippen LogP contribution < -0.4 is 0 Å². The zero-order valence-corrected chi connectivity index (χ0v) is 16.3. The molecule has 0 radical (unpaired) electrons. The number of rotatable bonds is 4. The number of halogens is 3. The summed E-state index contributed by atoms with van der Waals surface area (Å²) in [5.41, 5.74) is -1.23. The zero-order valence-electron chi connectivity index (χ0n) is 15.5. The van der Waals surface area contributed by atoms with Crippen molar-refractivity contribution >= 4 is 22.0 Å². The monoisotopic (exact) mass is 435 g/mol. The minimum absolute atomic E-state index is 0.0869. The summed E-state index contributed by atoms with van der Waals surface area (Å²) < 4.78 is 76.1. The number of nitrogens with zero attached hydrogens (tertiary/aromatic N) is 1. The molecule has 0 spiro atoms. The van der Waals surface area contributed by atoms with Gasteiger partial charge in [0, 0.05) is 19.5 Å². The van der Waals surface area contributed by atoms with E-state index >= 15 is 0 Å². The van der Waals surface area contributed by atoms with Crippen molar-refractivity contribution in [3.05, 3.63) is 29.8 Å². The standard InChI is InChI=1S/C18H20F3NO6S/c1-11-10-14(17(24)27-11)28-16(23)12-6-8-22(9-7-12)29(25,26)15-5-3-2-4-13(15)18(19,20)21/h2-5,11-12,14H,6-10H2,1H3. The summed E-state index contributed by atoms with van der Waals surface area (Å²) in [6.45, 7) is 1.42. The van der Waals surface area contributed by atoms with Gasteiger partial charge in [-0.2, -0.15) is 17.5 Å². The van der Waals surface area contributed by atoms with E-state index in [4.69, 9.17) is 9.47 Å². The fourth-order valence-corrected chi connectivity index (χ4v) is 5.13. The molecule has 2 heterocycles. The number of alkyl halides is 3. The van der Waals surface area contributed by atoms with Gasteiger partial charge in [0.15, 0.2) is 0 Å². The molecule has 2 atom stereocenters. The summed E-state index contributed by atoms with van der Waals surface area (Å²) in [6, 6.07) is 4.00. The smallest absolute Gasteiger partial charge is 0.417 e. The minimum Gasteiger partial charge on any atom is -0.460 e. The van der Waals surface area contributed by atoms with Crippen LogP contribution in [0.5, 0.6) is 0 Å². The summed E-state index contributed by atoms with van der Waals surface area (Å²) >= 11 is 0. The predicted molar refractivity (Wildman–Crippen MR) is 93.0 cm³/mol. The van der Waals surface area contributed by atoms with E-state index in [9.17, 15) is 31.2 Å². The first-order valence-electron chi connectivity index (χ1n) is 9.07. The van der Waals surface area contributed by atoms with Gasteiger partial charge in [0.2, 0.25) is 16.1 Å². The number of ether oxygens (including phenoxy) is 2. The summed E-state index contributed by atoms with van der Waals surface area (Å²) in [7, 11) is -4.38. The number of benzene rings is 1. The molecule has 0 N–H and O–H groups in total. The summed E-state index contributed by atoms with van der Waals surface area (Å²) in [4.78, 5) is 23.0. The maximum absolute atomic E-state index is 13.2. The third kappa shape index (κ3) is 4.55. The lowest BCUT2D eigenvalue weighted by Crippen LogP contribution is -2.41. The van der Waals surface area contributed by atoms with Crippen molar-refractivity contribution in [2.75, 3.05) is 13.1 Å². The number of piperidine rings is 1. The fourth-order valence-electron chi connectivity index (χ4n) is 3.45. The lowest BCUT2D eigenvalue weighted by molar-refractivity contribution is -0.164. The van der Waals surface area contributed by atoms with Gasteiger partial charge in [-0.3, -0.25) is 4.79 Å². The molecule has 3 rings (SSSR count). The largest absolute Gasteiger partial charge is 0.460 e. The van der Waals surface area contributed by atoms with Crippen LogP contribution >= 0.6 is 0 Å². The molecule has 0 amide bonds. The van der Waals surface area contributed by atoms with E-state index in [2.05, 4.69) is 0 Å². The summed E-state index contributed by atoms with van der Waals surface area (Å²) in [5, 5.41) is 0. The predicted octanol–water partition coefficient (Wildman–Crippen LogP) is 2.35. The third-order valence-electron chi connectivity index (χ3n) is 4.98.